The molecule has 3 nitrogen and oxygen atoms in total. The van der Waals surface area contributed by atoms with E-state index >= 15 is 0 Å². The number of hydrogen-bond acceptors (Lipinski definition) is 1. The van der Waals surface area contributed by atoms with E-state index in [0.717, 1.165) is 19.6 Å². The van der Waals surface area contributed by atoms with Crippen LogP contribution >= 0.6 is 0 Å². The smallest absolute Gasteiger partial charge is 0.320 e. The van der Waals surface area contributed by atoms with Crippen LogP contribution in [0.2, 0.25) is 0 Å². The van der Waals surface area contributed by atoms with Crippen LogP contribution in [0.4, 0.5) is 4.79 Å². The van der Waals surface area contributed by atoms with E-state index in [4.69, 9.17) is 0 Å². The Morgan fingerprint density at radius 1 is 1.33 bits per heavy atom. The second-order valence-electron chi connectivity index (χ2n) is 3.92. The lowest BCUT2D eigenvalue weighted by molar-refractivity contribution is 0.165. The number of carbonyl (C=O) groups is 1. The molecule has 0 aliphatic carbocycles. The number of rotatable bonds is 1. The monoisotopic (exact) mass is 204 g/mol. The topological polar surface area (TPSA) is 23.6 Å². The highest BCUT2D eigenvalue weighted by atomic mass is 16.2. The van der Waals surface area contributed by atoms with Gasteiger partial charge in [-0.3, -0.25) is 0 Å². The van der Waals surface area contributed by atoms with Crippen molar-refractivity contribution in [3.63, 3.8) is 0 Å². The molecule has 0 saturated heterocycles. The second kappa shape index (κ2) is 3.93. The Hall–Kier alpha value is -1.51. The quantitative estimate of drug-likeness (QED) is 0.687. The number of benzene rings is 1. The van der Waals surface area contributed by atoms with Crippen LogP contribution in [0.3, 0.4) is 0 Å². The van der Waals surface area contributed by atoms with Crippen molar-refractivity contribution in [2.45, 2.75) is 20.0 Å². The van der Waals surface area contributed by atoms with Gasteiger partial charge in [-0.1, -0.05) is 24.3 Å². The van der Waals surface area contributed by atoms with E-state index < -0.39 is 0 Å². The third-order valence-corrected chi connectivity index (χ3v) is 2.91. The van der Waals surface area contributed by atoms with Gasteiger partial charge in [-0.15, -0.1) is 0 Å². The molecule has 0 N–H and O–H groups in total. The summed E-state index contributed by atoms with van der Waals surface area (Å²) in [6.45, 7) is 4.24. The fourth-order valence-corrected chi connectivity index (χ4v) is 1.85. The van der Waals surface area contributed by atoms with Crippen molar-refractivity contribution >= 4 is 6.03 Å². The molecule has 80 valence electrons. The summed E-state index contributed by atoms with van der Waals surface area (Å²) in [5.41, 5.74) is 2.55. The van der Waals surface area contributed by atoms with Crippen molar-refractivity contribution in [3.8, 4) is 0 Å². The molecule has 0 spiro atoms. The van der Waals surface area contributed by atoms with Gasteiger partial charge in [0.1, 0.15) is 0 Å². The zero-order valence-corrected chi connectivity index (χ0v) is 9.23. The van der Waals surface area contributed by atoms with Crippen LogP contribution in [0.25, 0.3) is 0 Å². The normalized spacial score (nSPS) is 13.9. The van der Waals surface area contributed by atoms with Crippen molar-refractivity contribution in [3.05, 3.63) is 35.4 Å². The minimum atomic E-state index is 0.119. The molecule has 0 bridgehead atoms. The Bertz CT molecular complexity index is 351. The summed E-state index contributed by atoms with van der Waals surface area (Å²) in [4.78, 5) is 15.5. The van der Waals surface area contributed by atoms with E-state index in [-0.39, 0.29) is 6.03 Å². The van der Waals surface area contributed by atoms with Crippen LogP contribution < -0.4 is 0 Å². The van der Waals surface area contributed by atoms with Crippen molar-refractivity contribution < 1.29 is 4.79 Å². The molecule has 0 atom stereocenters. The number of fused-ring (bicyclic) bond motifs is 1. The van der Waals surface area contributed by atoms with Gasteiger partial charge >= 0.3 is 6.03 Å². The van der Waals surface area contributed by atoms with E-state index in [1.807, 2.05) is 31.0 Å². The fourth-order valence-electron chi connectivity index (χ4n) is 1.85. The average Bonchev–Trinajstić information content (AvgIpc) is 2.70. The molecule has 1 aliphatic rings. The summed E-state index contributed by atoms with van der Waals surface area (Å²) in [6.07, 6.45) is 0. The lowest BCUT2D eigenvalue weighted by Crippen LogP contribution is -2.37. The van der Waals surface area contributed by atoms with Crippen LogP contribution in [0.15, 0.2) is 24.3 Å². The lowest BCUT2D eigenvalue weighted by atomic mass is 10.1. The fraction of sp³-hybridized carbons (Fsp3) is 0.417. The van der Waals surface area contributed by atoms with Crippen molar-refractivity contribution in [2.24, 2.45) is 0 Å². The number of hydrogen-bond donors (Lipinski definition) is 0. The highest BCUT2D eigenvalue weighted by molar-refractivity contribution is 5.75. The molecule has 0 saturated carbocycles. The first-order valence-electron chi connectivity index (χ1n) is 5.29. The summed E-state index contributed by atoms with van der Waals surface area (Å²) in [5, 5.41) is 0. The Morgan fingerprint density at radius 2 is 1.87 bits per heavy atom. The standard InChI is InChI=1S/C12H16N2O/c1-3-13(2)12(15)14-8-10-6-4-5-7-11(10)9-14/h4-7H,3,8-9H2,1-2H3. The molecule has 1 aliphatic heterocycles. The van der Waals surface area contributed by atoms with Gasteiger partial charge in [0.15, 0.2) is 0 Å². The maximum Gasteiger partial charge on any atom is 0.320 e. The Balaban J connectivity index is 2.10. The van der Waals surface area contributed by atoms with E-state index in [2.05, 4.69) is 12.1 Å². The van der Waals surface area contributed by atoms with Gasteiger partial charge in [0.2, 0.25) is 0 Å². The summed E-state index contributed by atoms with van der Waals surface area (Å²) in [7, 11) is 1.84. The molecular formula is C12H16N2O. The van der Waals surface area contributed by atoms with Gasteiger partial charge in [0.25, 0.3) is 0 Å². The molecule has 2 rings (SSSR count). The van der Waals surface area contributed by atoms with Gasteiger partial charge < -0.3 is 9.80 Å². The van der Waals surface area contributed by atoms with Crippen molar-refractivity contribution in [2.75, 3.05) is 13.6 Å². The zero-order valence-electron chi connectivity index (χ0n) is 9.23. The molecule has 3 heteroatoms. The predicted octanol–water partition coefficient (Wildman–Crippen LogP) is 2.07. The maximum absolute atomic E-state index is 11.9. The van der Waals surface area contributed by atoms with E-state index in [1.54, 1.807) is 4.90 Å². The summed E-state index contributed by atoms with van der Waals surface area (Å²) in [6, 6.07) is 8.35. The first-order chi connectivity index (χ1) is 7.22. The van der Waals surface area contributed by atoms with E-state index in [9.17, 15) is 4.79 Å². The Kier molecular flexibility index (Phi) is 2.62. The van der Waals surface area contributed by atoms with Gasteiger partial charge in [-0.2, -0.15) is 0 Å². The molecule has 0 unspecified atom stereocenters. The van der Waals surface area contributed by atoms with Gasteiger partial charge in [-0.25, -0.2) is 4.79 Å². The molecular weight excluding hydrogens is 188 g/mol. The van der Waals surface area contributed by atoms with Crippen LogP contribution in [0.5, 0.6) is 0 Å². The largest absolute Gasteiger partial charge is 0.328 e. The third-order valence-electron chi connectivity index (χ3n) is 2.91. The molecule has 1 heterocycles. The first-order valence-corrected chi connectivity index (χ1v) is 5.29. The molecule has 2 amide bonds. The second-order valence-corrected chi connectivity index (χ2v) is 3.92. The van der Waals surface area contributed by atoms with Gasteiger partial charge in [0.05, 0.1) is 0 Å². The van der Waals surface area contributed by atoms with Crippen LogP contribution in [-0.2, 0) is 13.1 Å². The summed E-state index contributed by atoms with van der Waals surface area (Å²) >= 11 is 0. The van der Waals surface area contributed by atoms with Gasteiger partial charge in [-0.05, 0) is 18.1 Å². The summed E-state index contributed by atoms with van der Waals surface area (Å²) in [5.74, 6) is 0. The first kappa shape index (κ1) is 10.0. The van der Waals surface area contributed by atoms with Crippen LogP contribution in [0, 0.1) is 0 Å². The van der Waals surface area contributed by atoms with Crippen molar-refractivity contribution in [1.82, 2.24) is 9.80 Å². The maximum atomic E-state index is 11.9. The molecule has 1 aromatic carbocycles. The lowest BCUT2D eigenvalue weighted by Gasteiger charge is -2.22. The Labute approximate surface area is 90.3 Å². The zero-order chi connectivity index (χ0) is 10.8. The highest BCUT2D eigenvalue weighted by Gasteiger charge is 2.24. The van der Waals surface area contributed by atoms with Crippen molar-refractivity contribution in [1.29, 1.82) is 0 Å². The summed E-state index contributed by atoms with van der Waals surface area (Å²) < 4.78 is 0. The average molecular weight is 204 g/mol. The predicted molar refractivity (Wildman–Crippen MR) is 59.4 cm³/mol. The van der Waals surface area contributed by atoms with Gasteiger partial charge in [0, 0.05) is 26.7 Å². The third kappa shape index (κ3) is 1.82. The van der Waals surface area contributed by atoms with E-state index in [0.29, 0.717) is 0 Å². The van der Waals surface area contributed by atoms with E-state index in [1.165, 1.54) is 11.1 Å². The molecule has 0 aromatic heterocycles. The number of urea groups is 1. The SMILES string of the molecule is CCN(C)C(=O)N1Cc2ccccc2C1. The highest BCUT2D eigenvalue weighted by Crippen LogP contribution is 2.22. The molecule has 15 heavy (non-hydrogen) atoms. The number of nitrogens with zero attached hydrogens (tertiary/aromatic N) is 2. The molecule has 0 fully saturated rings. The van der Waals surface area contributed by atoms with Crippen LogP contribution in [-0.4, -0.2) is 29.4 Å². The number of amides is 2. The number of carbonyl (C=O) groups excluding carboxylic acids is 1. The molecule has 0 radical (unpaired) electrons. The van der Waals surface area contributed by atoms with Crippen LogP contribution in [0.1, 0.15) is 18.1 Å². The Morgan fingerprint density at radius 3 is 2.33 bits per heavy atom. The minimum Gasteiger partial charge on any atom is -0.328 e. The molecule has 1 aromatic rings. The minimum absolute atomic E-state index is 0.119.